The zero-order valence-corrected chi connectivity index (χ0v) is 18.7. The van der Waals surface area contributed by atoms with Crippen molar-refractivity contribution in [2.45, 2.75) is 25.0 Å². The maximum atomic E-state index is 12.9. The first kappa shape index (κ1) is 21.5. The Kier molecular flexibility index (Phi) is 6.01. The van der Waals surface area contributed by atoms with E-state index in [9.17, 15) is 4.79 Å². The van der Waals surface area contributed by atoms with Gasteiger partial charge in [0.15, 0.2) is 0 Å². The maximum Gasteiger partial charge on any atom is 0.514 e. The molecule has 33 heavy (non-hydrogen) atoms. The summed E-state index contributed by atoms with van der Waals surface area (Å²) in [6, 6.07) is 16.8. The van der Waals surface area contributed by atoms with Gasteiger partial charge in [0.05, 0.1) is 18.7 Å². The van der Waals surface area contributed by atoms with Crippen molar-refractivity contribution in [3.63, 3.8) is 0 Å². The number of hydrogen-bond acceptors (Lipinski definition) is 6. The van der Waals surface area contributed by atoms with Gasteiger partial charge in [0.25, 0.3) is 0 Å². The Labute approximate surface area is 193 Å². The van der Waals surface area contributed by atoms with Crippen LogP contribution in [0.1, 0.15) is 24.5 Å². The molecule has 2 aromatic carbocycles. The highest BCUT2D eigenvalue weighted by molar-refractivity contribution is 5.84. The predicted octanol–water partition coefficient (Wildman–Crippen LogP) is 5.40. The Balaban J connectivity index is 1.51. The Hall–Kier alpha value is -3.38. The molecule has 6 rings (SSSR count). The average molecular weight is 445 g/mol. The molecule has 3 aliphatic rings. The minimum Gasteiger partial charge on any atom is -0.497 e. The van der Waals surface area contributed by atoms with Crippen LogP contribution in [0.15, 0.2) is 73.4 Å². The lowest BCUT2D eigenvalue weighted by Gasteiger charge is -2.51. The Morgan fingerprint density at radius 2 is 2.03 bits per heavy atom. The third-order valence-electron chi connectivity index (χ3n) is 6.96. The first-order chi connectivity index (χ1) is 16.2. The number of pyridine rings is 1. The number of rotatable bonds is 6. The molecule has 4 heterocycles. The van der Waals surface area contributed by atoms with E-state index in [-0.39, 0.29) is 6.04 Å². The second kappa shape index (κ2) is 9.24. The van der Waals surface area contributed by atoms with Crippen LogP contribution < -0.4 is 9.47 Å². The summed E-state index contributed by atoms with van der Waals surface area (Å²) in [5.74, 6) is 2.21. The van der Waals surface area contributed by atoms with Gasteiger partial charge in [-0.15, -0.1) is 6.58 Å². The zero-order valence-electron chi connectivity index (χ0n) is 18.7. The van der Waals surface area contributed by atoms with Crippen LogP contribution in [0.4, 0.5) is 4.79 Å². The molecule has 2 bridgehead atoms. The summed E-state index contributed by atoms with van der Waals surface area (Å²) in [5, 5.41) is 0.914. The van der Waals surface area contributed by atoms with Gasteiger partial charge in [-0.2, -0.15) is 0 Å². The van der Waals surface area contributed by atoms with Crippen molar-refractivity contribution >= 4 is 17.1 Å². The number of benzene rings is 2. The van der Waals surface area contributed by atoms with E-state index in [0.29, 0.717) is 17.6 Å². The van der Waals surface area contributed by atoms with Gasteiger partial charge in [0, 0.05) is 23.7 Å². The van der Waals surface area contributed by atoms with E-state index >= 15 is 0 Å². The topological polar surface area (TPSA) is 60.9 Å². The SMILES string of the molecule is C=C[C@H]1CN2CC[C@H]1C[C@H]2[C@@H](OC(=O)Oc1ccccc1)c1ccnc2ccc(OC)cc12. The molecule has 6 heteroatoms. The van der Waals surface area contributed by atoms with E-state index in [2.05, 4.69) is 22.5 Å². The second-order valence-electron chi connectivity index (χ2n) is 8.73. The van der Waals surface area contributed by atoms with Gasteiger partial charge in [-0.25, -0.2) is 4.79 Å². The van der Waals surface area contributed by atoms with Gasteiger partial charge in [-0.1, -0.05) is 24.3 Å². The fourth-order valence-electron chi connectivity index (χ4n) is 5.28. The highest BCUT2D eigenvalue weighted by Crippen LogP contribution is 2.43. The first-order valence-electron chi connectivity index (χ1n) is 11.4. The maximum absolute atomic E-state index is 12.9. The molecule has 3 fully saturated rings. The number of nitrogens with zero attached hydrogens (tertiary/aromatic N) is 2. The lowest BCUT2D eigenvalue weighted by atomic mass is 9.73. The van der Waals surface area contributed by atoms with Crippen molar-refractivity contribution in [3.8, 4) is 11.5 Å². The van der Waals surface area contributed by atoms with E-state index in [4.69, 9.17) is 14.2 Å². The van der Waals surface area contributed by atoms with Crippen LogP contribution in [0.5, 0.6) is 11.5 Å². The molecule has 0 amide bonds. The van der Waals surface area contributed by atoms with Crippen LogP contribution in [0.2, 0.25) is 0 Å². The van der Waals surface area contributed by atoms with Gasteiger partial charge in [-0.05, 0) is 67.6 Å². The number of fused-ring (bicyclic) bond motifs is 4. The standard InChI is InChI=1S/C27H28N2O4/c1-3-18-17-29-14-12-19(18)15-25(29)26(33-27(30)32-20-7-5-4-6-8-20)22-11-13-28-24-10-9-21(31-2)16-23(22)24/h3-11,13,16,18-19,25-26H,1,12,14-15,17H2,2H3/t18-,19-,25-,26-/m0/s1. The van der Waals surface area contributed by atoms with Crippen LogP contribution in [-0.4, -0.2) is 42.3 Å². The number of hydrogen-bond donors (Lipinski definition) is 0. The molecule has 170 valence electrons. The summed E-state index contributed by atoms with van der Waals surface area (Å²) < 4.78 is 17.0. The van der Waals surface area contributed by atoms with Crippen LogP contribution >= 0.6 is 0 Å². The predicted molar refractivity (Wildman–Crippen MR) is 126 cm³/mol. The molecule has 1 unspecified atom stereocenters. The minimum absolute atomic E-state index is 0.0556. The zero-order chi connectivity index (χ0) is 22.8. The van der Waals surface area contributed by atoms with Gasteiger partial charge < -0.3 is 14.2 Å². The number of piperidine rings is 3. The van der Waals surface area contributed by atoms with E-state index in [0.717, 1.165) is 48.1 Å². The van der Waals surface area contributed by atoms with Crippen molar-refractivity contribution < 1.29 is 19.0 Å². The normalized spacial score (nSPS) is 24.8. The number of methoxy groups -OCH3 is 1. The summed E-state index contributed by atoms with van der Waals surface area (Å²) in [6.45, 7) is 5.95. The van der Waals surface area contributed by atoms with Gasteiger partial charge >= 0.3 is 6.16 Å². The molecule has 0 spiro atoms. The summed E-state index contributed by atoms with van der Waals surface area (Å²) in [4.78, 5) is 19.8. The van der Waals surface area contributed by atoms with Crippen LogP contribution in [0.25, 0.3) is 10.9 Å². The molecule has 3 aromatic rings. The minimum atomic E-state index is -0.707. The third kappa shape index (κ3) is 4.31. The van der Waals surface area contributed by atoms with E-state index in [1.165, 1.54) is 0 Å². The van der Waals surface area contributed by atoms with Crippen LogP contribution in [0, 0.1) is 11.8 Å². The largest absolute Gasteiger partial charge is 0.514 e. The quantitative estimate of drug-likeness (QED) is 0.288. The monoisotopic (exact) mass is 444 g/mol. The van der Waals surface area contributed by atoms with Gasteiger partial charge in [-0.3, -0.25) is 9.88 Å². The lowest BCUT2D eigenvalue weighted by molar-refractivity contribution is -0.0579. The van der Waals surface area contributed by atoms with Crippen molar-refractivity contribution in [2.24, 2.45) is 11.8 Å². The summed E-state index contributed by atoms with van der Waals surface area (Å²) in [7, 11) is 1.64. The molecule has 1 aromatic heterocycles. The smallest absolute Gasteiger partial charge is 0.497 e. The van der Waals surface area contributed by atoms with Crippen molar-refractivity contribution in [2.75, 3.05) is 20.2 Å². The highest BCUT2D eigenvalue weighted by Gasteiger charge is 2.44. The molecule has 3 aliphatic heterocycles. The molecule has 0 N–H and O–H groups in total. The molecular formula is C27H28N2O4. The van der Waals surface area contributed by atoms with E-state index < -0.39 is 12.3 Å². The van der Waals surface area contributed by atoms with Gasteiger partial charge in [0.2, 0.25) is 0 Å². The molecular weight excluding hydrogens is 416 g/mol. The Bertz CT molecular complexity index is 1150. The first-order valence-corrected chi connectivity index (χ1v) is 11.4. The highest BCUT2D eigenvalue weighted by atomic mass is 16.7. The van der Waals surface area contributed by atoms with Gasteiger partial charge in [0.1, 0.15) is 17.6 Å². The van der Waals surface area contributed by atoms with Crippen molar-refractivity contribution in [1.29, 1.82) is 0 Å². The Morgan fingerprint density at radius 1 is 1.18 bits per heavy atom. The van der Waals surface area contributed by atoms with Crippen LogP contribution in [0.3, 0.4) is 0 Å². The number of ether oxygens (including phenoxy) is 3. The summed E-state index contributed by atoms with van der Waals surface area (Å²) in [6.07, 6.45) is 4.72. The molecule has 0 saturated carbocycles. The molecule has 6 nitrogen and oxygen atoms in total. The van der Waals surface area contributed by atoms with Crippen LogP contribution in [-0.2, 0) is 4.74 Å². The fraction of sp³-hybridized carbons (Fsp3) is 0.333. The fourth-order valence-corrected chi connectivity index (χ4v) is 5.28. The number of para-hydroxylation sites is 1. The average Bonchev–Trinajstić information content (AvgIpc) is 2.87. The summed E-state index contributed by atoms with van der Waals surface area (Å²) >= 11 is 0. The van der Waals surface area contributed by atoms with E-state index in [1.54, 1.807) is 25.4 Å². The lowest BCUT2D eigenvalue weighted by Crippen LogP contribution is -2.55. The summed E-state index contributed by atoms with van der Waals surface area (Å²) in [5.41, 5.74) is 1.75. The molecule has 0 radical (unpaired) electrons. The molecule has 5 atom stereocenters. The Morgan fingerprint density at radius 3 is 2.76 bits per heavy atom. The number of aromatic nitrogens is 1. The number of carbonyl (C=O) groups is 1. The van der Waals surface area contributed by atoms with Crippen molar-refractivity contribution in [3.05, 3.63) is 79.0 Å². The number of carbonyl (C=O) groups excluding carboxylic acids is 1. The second-order valence-corrected chi connectivity index (χ2v) is 8.73. The van der Waals surface area contributed by atoms with Crippen molar-refractivity contribution in [1.82, 2.24) is 9.88 Å². The molecule has 3 saturated heterocycles. The van der Waals surface area contributed by atoms with E-state index in [1.807, 2.05) is 42.5 Å². The molecule has 0 aliphatic carbocycles. The third-order valence-corrected chi connectivity index (χ3v) is 6.96.